The van der Waals surface area contributed by atoms with Crippen molar-refractivity contribution in [3.8, 4) is 23.8 Å². The van der Waals surface area contributed by atoms with Crippen molar-refractivity contribution in [2.75, 3.05) is 32.2 Å². The lowest BCUT2D eigenvalue weighted by atomic mass is 9.98. The molecule has 1 unspecified atom stereocenters. The Morgan fingerprint density at radius 1 is 1.20 bits per heavy atom. The largest absolute Gasteiger partial charge is 0.493 e. The van der Waals surface area contributed by atoms with Crippen LogP contribution in [-0.2, 0) is 13.0 Å². The molecule has 35 heavy (non-hydrogen) atoms. The zero-order valence-electron chi connectivity index (χ0n) is 20.2. The van der Waals surface area contributed by atoms with E-state index in [1.165, 1.54) is 5.57 Å². The zero-order valence-corrected chi connectivity index (χ0v) is 21.0. The number of carbonyl (C=O) groups is 1. The number of rotatable bonds is 7. The van der Waals surface area contributed by atoms with Gasteiger partial charge in [-0.3, -0.25) is 4.79 Å². The van der Waals surface area contributed by atoms with Crippen LogP contribution in [-0.4, -0.2) is 43.4 Å². The standard InChI is InChI=1S/C29H28N2O3S/c1-5-23-22(18-32)28-24(30-13-11-20-12-14-35-27(20)17-30)9-8-21(29(28)31(23)6-2)15-19-7-10-25(33-3)26(16-19)34-4/h1,7-12,14,16,18,27H,6,13,15,17H2,2-4H3. The van der Waals surface area contributed by atoms with E-state index in [0.717, 1.165) is 47.1 Å². The summed E-state index contributed by atoms with van der Waals surface area (Å²) in [4.78, 5) is 14.8. The van der Waals surface area contributed by atoms with Crippen molar-refractivity contribution in [2.45, 2.75) is 25.1 Å². The second-order valence-corrected chi connectivity index (χ2v) is 9.75. The molecule has 0 amide bonds. The summed E-state index contributed by atoms with van der Waals surface area (Å²) in [6.07, 6.45) is 12.0. The maximum atomic E-state index is 12.4. The summed E-state index contributed by atoms with van der Waals surface area (Å²) in [5.41, 5.74) is 6.93. The van der Waals surface area contributed by atoms with Crippen LogP contribution < -0.4 is 14.4 Å². The minimum Gasteiger partial charge on any atom is -0.493 e. The van der Waals surface area contributed by atoms with E-state index in [4.69, 9.17) is 15.9 Å². The Labute approximate surface area is 210 Å². The third-order valence-corrected chi connectivity index (χ3v) is 7.91. The first kappa shape index (κ1) is 23.2. The SMILES string of the molecule is C#Cc1c(C=O)c2c(N3CC=C4C=CSC4C3)ccc(Cc3ccc(OC)c(OC)c3)c2n1CC. The molecule has 0 saturated heterocycles. The molecule has 2 aromatic carbocycles. The molecule has 6 heteroatoms. The second kappa shape index (κ2) is 9.59. The fraction of sp³-hybridized carbons (Fsp3) is 0.276. The van der Waals surface area contributed by atoms with Gasteiger partial charge in [-0.05, 0) is 53.7 Å². The number of aldehydes is 1. The number of thioether (sulfide) groups is 1. The van der Waals surface area contributed by atoms with Gasteiger partial charge in [0.2, 0.25) is 0 Å². The minimum atomic E-state index is 0.422. The van der Waals surface area contributed by atoms with Gasteiger partial charge in [0.1, 0.15) is 5.69 Å². The number of terminal acetylenes is 1. The summed E-state index contributed by atoms with van der Waals surface area (Å²) in [6.45, 7) is 4.45. The maximum absolute atomic E-state index is 12.4. The molecule has 3 aromatic rings. The Morgan fingerprint density at radius 2 is 2.03 bits per heavy atom. The number of hydrogen-bond acceptors (Lipinski definition) is 5. The number of methoxy groups -OCH3 is 2. The predicted molar refractivity (Wildman–Crippen MR) is 144 cm³/mol. The number of hydrogen-bond donors (Lipinski definition) is 0. The van der Waals surface area contributed by atoms with Crippen LogP contribution in [0.3, 0.4) is 0 Å². The monoisotopic (exact) mass is 484 g/mol. The van der Waals surface area contributed by atoms with E-state index in [-0.39, 0.29) is 0 Å². The molecule has 178 valence electrons. The van der Waals surface area contributed by atoms with Gasteiger partial charge >= 0.3 is 0 Å². The molecule has 5 rings (SSSR count). The highest BCUT2D eigenvalue weighted by molar-refractivity contribution is 8.03. The first-order valence-electron chi connectivity index (χ1n) is 11.7. The molecule has 0 saturated carbocycles. The third-order valence-electron chi connectivity index (χ3n) is 6.87. The lowest BCUT2D eigenvalue weighted by Crippen LogP contribution is -2.35. The van der Waals surface area contributed by atoms with Gasteiger partial charge in [0.05, 0.1) is 30.5 Å². The summed E-state index contributed by atoms with van der Waals surface area (Å²) < 4.78 is 13.0. The van der Waals surface area contributed by atoms with Crippen molar-refractivity contribution in [1.82, 2.24) is 4.57 Å². The van der Waals surface area contributed by atoms with E-state index in [2.05, 4.69) is 52.0 Å². The third kappa shape index (κ3) is 3.90. The number of fused-ring (bicyclic) bond motifs is 2. The molecule has 1 atom stereocenters. The topological polar surface area (TPSA) is 43.7 Å². The number of benzene rings is 2. The van der Waals surface area contributed by atoms with E-state index in [1.807, 2.05) is 30.0 Å². The number of allylic oxidation sites excluding steroid dienone is 1. The zero-order chi connectivity index (χ0) is 24.5. The van der Waals surface area contributed by atoms with E-state index in [0.29, 0.717) is 41.0 Å². The van der Waals surface area contributed by atoms with Crippen LogP contribution in [0.25, 0.3) is 10.9 Å². The van der Waals surface area contributed by atoms with Crippen LogP contribution in [0.1, 0.15) is 34.1 Å². The van der Waals surface area contributed by atoms with Crippen LogP contribution in [0.5, 0.6) is 11.5 Å². The molecule has 0 N–H and O–H groups in total. The van der Waals surface area contributed by atoms with Crippen molar-refractivity contribution in [1.29, 1.82) is 0 Å². The normalized spacial score (nSPS) is 16.7. The number of nitrogens with zero attached hydrogens (tertiary/aromatic N) is 2. The summed E-state index contributed by atoms with van der Waals surface area (Å²) in [6, 6.07) is 10.3. The van der Waals surface area contributed by atoms with Crippen LogP contribution in [0.15, 0.2) is 53.5 Å². The number of carbonyl (C=O) groups excluding carboxylic acids is 1. The molecule has 0 fully saturated rings. The van der Waals surface area contributed by atoms with Gasteiger partial charge in [0.15, 0.2) is 17.8 Å². The Balaban J connectivity index is 1.67. The van der Waals surface area contributed by atoms with Crippen molar-refractivity contribution >= 4 is 34.6 Å². The smallest absolute Gasteiger partial charge is 0.160 e. The Hall–Kier alpha value is -3.56. The molecular weight excluding hydrogens is 456 g/mol. The molecule has 0 bridgehead atoms. The molecule has 1 aromatic heterocycles. The summed E-state index contributed by atoms with van der Waals surface area (Å²) >= 11 is 1.85. The molecule has 5 nitrogen and oxygen atoms in total. The summed E-state index contributed by atoms with van der Waals surface area (Å²) in [7, 11) is 3.28. The van der Waals surface area contributed by atoms with Crippen molar-refractivity contribution in [3.63, 3.8) is 0 Å². The minimum absolute atomic E-state index is 0.422. The van der Waals surface area contributed by atoms with Gasteiger partial charge in [-0.2, -0.15) is 0 Å². The fourth-order valence-corrected chi connectivity index (χ4v) is 6.23. The maximum Gasteiger partial charge on any atom is 0.160 e. The molecule has 2 aliphatic heterocycles. The van der Waals surface area contributed by atoms with Crippen LogP contribution in [0.2, 0.25) is 0 Å². The van der Waals surface area contributed by atoms with Crippen molar-refractivity contribution < 1.29 is 14.3 Å². The molecular formula is C29H28N2O3S. The highest BCUT2D eigenvalue weighted by atomic mass is 32.2. The van der Waals surface area contributed by atoms with Gasteiger partial charge in [-0.1, -0.05) is 30.2 Å². The Bertz CT molecular complexity index is 1410. The second-order valence-electron chi connectivity index (χ2n) is 8.64. The van der Waals surface area contributed by atoms with Crippen LogP contribution in [0, 0.1) is 12.3 Å². The van der Waals surface area contributed by atoms with Gasteiger partial charge < -0.3 is 18.9 Å². The number of aryl methyl sites for hydroxylation is 1. The summed E-state index contributed by atoms with van der Waals surface area (Å²) in [5, 5.41) is 3.54. The molecule has 0 aliphatic carbocycles. The average Bonchev–Trinajstić information content (AvgIpc) is 3.50. The molecule has 3 heterocycles. The lowest BCUT2D eigenvalue weighted by Gasteiger charge is -2.32. The Morgan fingerprint density at radius 3 is 2.74 bits per heavy atom. The lowest BCUT2D eigenvalue weighted by molar-refractivity contribution is 0.112. The first-order chi connectivity index (χ1) is 17.1. The highest BCUT2D eigenvalue weighted by Gasteiger charge is 2.28. The van der Waals surface area contributed by atoms with Gasteiger partial charge in [-0.15, -0.1) is 18.2 Å². The number of anilines is 1. The van der Waals surface area contributed by atoms with E-state index in [1.54, 1.807) is 14.2 Å². The Kier molecular flexibility index (Phi) is 6.36. The van der Waals surface area contributed by atoms with E-state index in [9.17, 15) is 4.79 Å². The van der Waals surface area contributed by atoms with Crippen molar-refractivity contribution in [3.05, 3.63) is 75.8 Å². The van der Waals surface area contributed by atoms with Gasteiger partial charge in [0, 0.05) is 30.7 Å². The van der Waals surface area contributed by atoms with Crippen molar-refractivity contribution in [2.24, 2.45) is 0 Å². The van der Waals surface area contributed by atoms with E-state index >= 15 is 0 Å². The first-order valence-corrected chi connectivity index (χ1v) is 12.7. The predicted octanol–water partition coefficient (Wildman–Crippen LogP) is 5.44. The molecule has 0 radical (unpaired) electrons. The molecule has 0 spiro atoms. The van der Waals surface area contributed by atoms with Gasteiger partial charge in [0.25, 0.3) is 0 Å². The van der Waals surface area contributed by atoms with E-state index < -0.39 is 0 Å². The van der Waals surface area contributed by atoms with Gasteiger partial charge in [-0.25, -0.2) is 0 Å². The fourth-order valence-electron chi connectivity index (χ4n) is 5.21. The number of ether oxygens (including phenoxy) is 2. The molecule has 2 aliphatic rings. The average molecular weight is 485 g/mol. The summed E-state index contributed by atoms with van der Waals surface area (Å²) in [5.74, 6) is 4.19. The van der Waals surface area contributed by atoms with Crippen LogP contribution >= 0.6 is 11.8 Å². The number of aromatic nitrogens is 1. The highest BCUT2D eigenvalue weighted by Crippen LogP contribution is 2.40. The van der Waals surface area contributed by atoms with Crippen LogP contribution in [0.4, 0.5) is 5.69 Å². The quantitative estimate of drug-likeness (QED) is 0.330.